The number of hydrogen-bond donors (Lipinski definition) is 0. The lowest BCUT2D eigenvalue weighted by Gasteiger charge is -2.25. The number of nitriles is 5. The van der Waals surface area contributed by atoms with Gasteiger partial charge in [-0.2, -0.15) is 26.3 Å². The fourth-order valence-corrected chi connectivity index (χ4v) is 1.56. The van der Waals surface area contributed by atoms with Crippen LogP contribution in [0.2, 0.25) is 0 Å². The molecule has 0 saturated carbocycles. The molecule has 2 unspecified atom stereocenters. The first-order valence-corrected chi connectivity index (χ1v) is 5.11. The fourth-order valence-electron chi connectivity index (χ4n) is 1.56. The highest BCUT2D eigenvalue weighted by atomic mass is 14.5. The Balaban J connectivity index is 5.14. The smallest absolute Gasteiger partial charge is 0.174 e. The van der Waals surface area contributed by atoms with Gasteiger partial charge in [0.25, 0.3) is 0 Å². The van der Waals surface area contributed by atoms with Gasteiger partial charge in [0.15, 0.2) is 5.41 Å². The van der Waals surface area contributed by atoms with Crippen molar-refractivity contribution < 1.29 is 0 Å². The first-order chi connectivity index (χ1) is 8.12. The van der Waals surface area contributed by atoms with Gasteiger partial charge in [-0.1, -0.05) is 0 Å². The van der Waals surface area contributed by atoms with Crippen LogP contribution in [0.4, 0.5) is 0 Å². The summed E-state index contributed by atoms with van der Waals surface area (Å²) in [5, 5.41) is 44.5. The molecule has 0 aromatic carbocycles. The molecule has 2 atom stereocenters. The Hall–Kier alpha value is -2.55. The molecule has 0 bridgehead atoms. The van der Waals surface area contributed by atoms with E-state index in [1.54, 1.807) is 12.1 Å². The van der Waals surface area contributed by atoms with E-state index in [1.165, 1.54) is 6.92 Å². The van der Waals surface area contributed by atoms with Gasteiger partial charge in [0, 0.05) is 6.42 Å². The van der Waals surface area contributed by atoms with Crippen molar-refractivity contribution in [1.29, 1.82) is 26.3 Å². The molecule has 5 nitrogen and oxygen atoms in total. The maximum Gasteiger partial charge on any atom is 0.174 e. The second-order valence-corrected chi connectivity index (χ2v) is 3.68. The predicted molar refractivity (Wildman–Crippen MR) is 57.0 cm³/mol. The third-order valence-corrected chi connectivity index (χ3v) is 2.73. The van der Waals surface area contributed by atoms with Gasteiger partial charge in [-0.05, 0) is 19.8 Å². The Bertz CT molecular complexity index is 446. The maximum atomic E-state index is 9.10. The zero-order chi connectivity index (χ0) is 13.3. The molecule has 0 N–H and O–H groups in total. The van der Waals surface area contributed by atoms with E-state index < -0.39 is 17.3 Å². The highest BCUT2D eigenvalue weighted by Gasteiger charge is 2.45. The number of unbranched alkanes of at least 4 members (excludes halogenated alkanes) is 1. The molecule has 0 aliphatic carbocycles. The molecule has 0 fully saturated rings. The Morgan fingerprint density at radius 3 is 1.94 bits per heavy atom. The Labute approximate surface area is 101 Å². The molecular weight excluding hydrogens is 214 g/mol. The summed E-state index contributed by atoms with van der Waals surface area (Å²) < 4.78 is 0. The van der Waals surface area contributed by atoms with Crippen LogP contribution in [-0.2, 0) is 0 Å². The van der Waals surface area contributed by atoms with Crippen LogP contribution in [0, 0.1) is 73.9 Å². The third kappa shape index (κ3) is 2.95. The van der Waals surface area contributed by atoms with Gasteiger partial charge in [0.2, 0.25) is 0 Å². The summed E-state index contributed by atoms with van der Waals surface area (Å²) in [5.41, 5.74) is -1.61. The van der Waals surface area contributed by atoms with Crippen molar-refractivity contribution in [2.45, 2.75) is 26.2 Å². The molecule has 5 heteroatoms. The minimum atomic E-state index is -1.61. The average molecular weight is 225 g/mol. The molecule has 0 amide bonds. The molecule has 0 spiro atoms. The molecule has 0 rings (SSSR count). The van der Waals surface area contributed by atoms with Crippen molar-refractivity contribution in [3.8, 4) is 30.3 Å². The SMILES string of the molecule is CC(C#N)C(C#N)(C#N)C(C#N)CCCC#N. The molecule has 0 aliphatic rings. The monoisotopic (exact) mass is 225 g/mol. The van der Waals surface area contributed by atoms with E-state index in [4.69, 9.17) is 26.3 Å². The van der Waals surface area contributed by atoms with Gasteiger partial charge in [-0.25, -0.2) is 0 Å². The van der Waals surface area contributed by atoms with Crippen molar-refractivity contribution >= 4 is 0 Å². The number of hydrogen-bond acceptors (Lipinski definition) is 5. The first-order valence-electron chi connectivity index (χ1n) is 5.11. The average Bonchev–Trinajstić information content (AvgIpc) is 2.38. The number of rotatable bonds is 5. The molecule has 0 aromatic heterocycles. The summed E-state index contributed by atoms with van der Waals surface area (Å²) in [6, 6.07) is 9.31. The van der Waals surface area contributed by atoms with E-state index in [-0.39, 0.29) is 12.8 Å². The second kappa shape index (κ2) is 6.85. The van der Waals surface area contributed by atoms with Crippen LogP contribution in [0.15, 0.2) is 0 Å². The summed E-state index contributed by atoms with van der Waals surface area (Å²) in [7, 11) is 0. The van der Waals surface area contributed by atoms with Gasteiger partial charge in [0.05, 0.1) is 42.2 Å². The molecule has 0 heterocycles. The molecule has 17 heavy (non-hydrogen) atoms. The maximum absolute atomic E-state index is 9.10. The number of nitrogens with zero attached hydrogens (tertiary/aromatic N) is 5. The van der Waals surface area contributed by atoms with Crippen molar-refractivity contribution in [2.75, 3.05) is 0 Å². The summed E-state index contributed by atoms with van der Waals surface area (Å²) in [6.45, 7) is 1.46. The highest BCUT2D eigenvalue weighted by Crippen LogP contribution is 2.37. The topological polar surface area (TPSA) is 119 Å². The van der Waals surface area contributed by atoms with Crippen molar-refractivity contribution in [3.05, 3.63) is 0 Å². The van der Waals surface area contributed by atoms with Crippen LogP contribution < -0.4 is 0 Å². The lowest BCUT2D eigenvalue weighted by atomic mass is 9.68. The van der Waals surface area contributed by atoms with E-state index in [9.17, 15) is 0 Å². The lowest BCUT2D eigenvalue weighted by Crippen LogP contribution is -2.33. The van der Waals surface area contributed by atoms with Gasteiger partial charge in [0.1, 0.15) is 0 Å². The summed E-state index contributed by atoms with van der Waals surface area (Å²) in [6.07, 6.45) is 0.987. The van der Waals surface area contributed by atoms with Gasteiger partial charge >= 0.3 is 0 Å². The van der Waals surface area contributed by atoms with Crippen LogP contribution in [0.3, 0.4) is 0 Å². The lowest BCUT2D eigenvalue weighted by molar-refractivity contribution is 0.297. The van der Waals surface area contributed by atoms with Gasteiger partial charge in [-0.3, -0.25) is 0 Å². The van der Waals surface area contributed by atoms with Gasteiger partial charge in [-0.15, -0.1) is 0 Å². The minimum Gasteiger partial charge on any atom is -0.198 e. The zero-order valence-corrected chi connectivity index (χ0v) is 9.51. The highest BCUT2D eigenvalue weighted by molar-refractivity contribution is 5.25. The normalized spacial score (nSPS) is 12.9. The largest absolute Gasteiger partial charge is 0.198 e. The molecule has 0 radical (unpaired) electrons. The summed E-state index contributed by atoms with van der Waals surface area (Å²) >= 11 is 0. The predicted octanol–water partition coefficient (Wildman–Crippen LogP) is 2.01. The van der Waals surface area contributed by atoms with Crippen molar-refractivity contribution in [2.24, 2.45) is 17.3 Å². The molecule has 0 aromatic rings. The first kappa shape index (κ1) is 14.5. The van der Waals surface area contributed by atoms with Crippen LogP contribution in [0.5, 0.6) is 0 Å². The van der Waals surface area contributed by atoms with Crippen LogP contribution >= 0.6 is 0 Å². The second-order valence-electron chi connectivity index (χ2n) is 3.68. The van der Waals surface area contributed by atoms with Crippen LogP contribution in [-0.4, -0.2) is 0 Å². The molecular formula is C12H11N5. The molecule has 84 valence electrons. The van der Waals surface area contributed by atoms with Crippen molar-refractivity contribution in [1.82, 2.24) is 0 Å². The Morgan fingerprint density at radius 2 is 1.59 bits per heavy atom. The van der Waals surface area contributed by atoms with Crippen molar-refractivity contribution in [3.63, 3.8) is 0 Å². The zero-order valence-electron chi connectivity index (χ0n) is 9.51. The quantitative estimate of drug-likeness (QED) is 0.663. The Kier molecular flexibility index (Phi) is 5.82. The third-order valence-electron chi connectivity index (χ3n) is 2.73. The standard InChI is InChI=1S/C12H11N5/c1-10(6-14)12(8-16,9-17)11(7-15)4-2-3-5-13/h10-11H,2-4H2,1H3. The minimum absolute atomic E-state index is 0.270. The molecule has 0 saturated heterocycles. The Morgan fingerprint density at radius 1 is 1.00 bits per heavy atom. The van der Waals surface area contributed by atoms with Crippen LogP contribution in [0.1, 0.15) is 26.2 Å². The fraction of sp³-hybridized carbons (Fsp3) is 0.583. The van der Waals surface area contributed by atoms with E-state index in [1.807, 2.05) is 18.2 Å². The van der Waals surface area contributed by atoms with Gasteiger partial charge < -0.3 is 0 Å². The van der Waals surface area contributed by atoms with E-state index in [2.05, 4.69) is 0 Å². The summed E-state index contributed by atoms with van der Waals surface area (Å²) in [4.78, 5) is 0. The van der Waals surface area contributed by atoms with E-state index >= 15 is 0 Å². The van der Waals surface area contributed by atoms with E-state index in [0.717, 1.165) is 0 Å². The molecule has 0 aliphatic heterocycles. The summed E-state index contributed by atoms with van der Waals surface area (Å²) in [5.74, 6) is -1.69. The van der Waals surface area contributed by atoms with E-state index in [0.29, 0.717) is 6.42 Å². The van der Waals surface area contributed by atoms with Crippen LogP contribution in [0.25, 0.3) is 0 Å².